The van der Waals surface area contributed by atoms with Gasteiger partial charge < -0.3 is 30.1 Å². The van der Waals surface area contributed by atoms with Crippen LogP contribution in [0, 0.1) is 0 Å². The maximum Gasteiger partial charge on any atom is 0.319 e. The predicted molar refractivity (Wildman–Crippen MR) is 58.7 cm³/mol. The zero-order chi connectivity index (χ0) is 13.3. The van der Waals surface area contributed by atoms with Gasteiger partial charge in [-0.1, -0.05) is 0 Å². The predicted octanol–water partition coefficient (Wildman–Crippen LogP) is -2.53. The summed E-state index contributed by atoms with van der Waals surface area (Å²) >= 11 is 0. The Bertz CT molecular complexity index is 315. The first-order valence-corrected chi connectivity index (χ1v) is 5.78. The van der Waals surface area contributed by atoms with E-state index in [1.807, 2.05) is 0 Å². The summed E-state index contributed by atoms with van der Waals surface area (Å²) in [5.41, 5.74) is 0. The number of amides is 2. The van der Waals surface area contributed by atoms with E-state index in [0.29, 0.717) is 6.54 Å². The van der Waals surface area contributed by atoms with Gasteiger partial charge in [-0.3, -0.25) is 4.90 Å². The molecule has 104 valence electrons. The Balaban J connectivity index is 2.08. The second-order valence-electron chi connectivity index (χ2n) is 4.42. The average Bonchev–Trinajstić information content (AvgIpc) is 2.67. The molecule has 1 unspecified atom stereocenters. The fourth-order valence-electron chi connectivity index (χ4n) is 2.18. The van der Waals surface area contributed by atoms with E-state index in [0.717, 1.165) is 0 Å². The van der Waals surface area contributed by atoms with Gasteiger partial charge in [0, 0.05) is 13.7 Å². The number of aliphatic hydroxyl groups is 3. The van der Waals surface area contributed by atoms with Gasteiger partial charge in [-0.15, -0.1) is 0 Å². The minimum atomic E-state index is -1.25. The maximum atomic E-state index is 11.7. The number of carbonyl (C=O) groups is 1. The van der Waals surface area contributed by atoms with E-state index in [2.05, 4.69) is 5.32 Å². The molecule has 2 saturated heterocycles. The zero-order valence-electron chi connectivity index (χ0n) is 10.0. The Labute approximate surface area is 104 Å². The highest BCUT2D eigenvalue weighted by atomic mass is 16.6. The van der Waals surface area contributed by atoms with Crippen LogP contribution in [0.1, 0.15) is 0 Å². The van der Waals surface area contributed by atoms with Crippen molar-refractivity contribution in [3.8, 4) is 0 Å². The van der Waals surface area contributed by atoms with Gasteiger partial charge in [-0.25, -0.2) is 4.79 Å². The SMILES string of the molecule is COC1CNC(=O)N([C@@H]2O[C@H](CO)[C@@H](O)[C@@H]2O)C1. The number of nitrogens with one attached hydrogen (secondary N) is 1. The number of nitrogens with zero attached hydrogens (tertiary/aromatic N) is 1. The quantitative estimate of drug-likeness (QED) is 0.446. The summed E-state index contributed by atoms with van der Waals surface area (Å²) in [5, 5.41) is 31.1. The summed E-state index contributed by atoms with van der Waals surface area (Å²) < 4.78 is 10.4. The van der Waals surface area contributed by atoms with Crippen LogP contribution in [0.3, 0.4) is 0 Å². The first-order chi connectivity index (χ1) is 8.58. The largest absolute Gasteiger partial charge is 0.394 e. The summed E-state index contributed by atoms with van der Waals surface area (Å²) in [7, 11) is 1.53. The van der Waals surface area contributed by atoms with Crippen molar-refractivity contribution in [2.24, 2.45) is 0 Å². The normalized spacial score (nSPS) is 41.0. The molecule has 2 rings (SSSR count). The Kier molecular flexibility index (Phi) is 4.03. The number of methoxy groups -OCH3 is 1. The highest BCUT2D eigenvalue weighted by Crippen LogP contribution is 2.25. The van der Waals surface area contributed by atoms with E-state index in [4.69, 9.17) is 14.6 Å². The maximum absolute atomic E-state index is 11.7. The molecule has 0 aliphatic carbocycles. The first kappa shape index (κ1) is 13.5. The van der Waals surface area contributed by atoms with Crippen molar-refractivity contribution < 1.29 is 29.6 Å². The summed E-state index contributed by atoms with van der Waals surface area (Å²) in [6, 6.07) is -0.391. The molecule has 8 heteroatoms. The fraction of sp³-hybridized carbons (Fsp3) is 0.900. The van der Waals surface area contributed by atoms with E-state index in [-0.39, 0.29) is 12.6 Å². The number of aliphatic hydroxyl groups excluding tert-OH is 3. The third kappa shape index (κ3) is 2.29. The molecule has 0 aromatic rings. The van der Waals surface area contributed by atoms with E-state index in [1.54, 1.807) is 0 Å². The van der Waals surface area contributed by atoms with Gasteiger partial charge in [0.15, 0.2) is 6.23 Å². The van der Waals surface area contributed by atoms with Crippen molar-refractivity contribution in [3.63, 3.8) is 0 Å². The lowest BCUT2D eigenvalue weighted by atomic mass is 10.1. The van der Waals surface area contributed by atoms with Crippen LogP contribution in [-0.2, 0) is 9.47 Å². The average molecular weight is 262 g/mol. The van der Waals surface area contributed by atoms with Gasteiger partial charge in [-0.05, 0) is 0 Å². The molecule has 0 bridgehead atoms. The standard InChI is InChI=1S/C10H18N2O6/c1-17-5-2-11-10(16)12(3-5)9-8(15)7(14)6(4-13)18-9/h5-9,13-15H,2-4H2,1H3,(H,11,16)/t5?,6-,7-,8+,9-/m1/s1. The highest BCUT2D eigenvalue weighted by molar-refractivity contribution is 5.75. The zero-order valence-corrected chi connectivity index (χ0v) is 10.0. The molecule has 2 amide bonds. The van der Waals surface area contributed by atoms with Crippen molar-refractivity contribution in [3.05, 3.63) is 0 Å². The molecule has 4 N–H and O–H groups in total. The molecule has 5 atom stereocenters. The van der Waals surface area contributed by atoms with Crippen molar-refractivity contribution in [2.45, 2.75) is 30.6 Å². The van der Waals surface area contributed by atoms with Gasteiger partial charge in [0.05, 0.1) is 19.3 Å². The molecular weight excluding hydrogens is 244 g/mol. The van der Waals surface area contributed by atoms with E-state index in [9.17, 15) is 15.0 Å². The molecule has 0 aromatic carbocycles. The topological polar surface area (TPSA) is 111 Å². The third-order valence-corrected chi connectivity index (χ3v) is 3.30. The van der Waals surface area contributed by atoms with Crippen LogP contribution in [0.2, 0.25) is 0 Å². The van der Waals surface area contributed by atoms with Crippen molar-refractivity contribution >= 4 is 6.03 Å². The number of urea groups is 1. The summed E-state index contributed by atoms with van der Waals surface area (Å²) in [5.74, 6) is 0. The number of hydrogen-bond donors (Lipinski definition) is 4. The summed E-state index contributed by atoms with van der Waals surface area (Å²) in [6.45, 7) is 0.230. The Morgan fingerprint density at radius 2 is 2.22 bits per heavy atom. The molecule has 0 spiro atoms. The summed E-state index contributed by atoms with van der Waals surface area (Å²) in [6.07, 6.45) is -4.53. The molecule has 2 aliphatic heterocycles. The Morgan fingerprint density at radius 1 is 1.50 bits per heavy atom. The lowest BCUT2D eigenvalue weighted by molar-refractivity contribution is -0.0956. The molecule has 8 nitrogen and oxygen atoms in total. The van der Waals surface area contributed by atoms with Crippen molar-refractivity contribution in [1.29, 1.82) is 0 Å². The van der Waals surface area contributed by atoms with Crippen LogP contribution >= 0.6 is 0 Å². The van der Waals surface area contributed by atoms with Gasteiger partial charge >= 0.3 is 6.03 Å². The summed E-state index contributed by atoms with van der Waals surface area (Å²) in [4.78, 5) is 13.0. The van der Waals surface area contributed by atoms with E-state index < -0.39 is 37.2 Å². The van der Waals surface area contributed by atoms with Gasteiger partial charge in [0.2, 0.25) is 0 Å². The van der Waals surface area contributed by atoms with Crippen LogP contribution in [0.4, 0.5) is 4.79 Å². The third-order valence-electron chi connectivity index (χ3n) is 3.30. The van der Waals surface area contributed by atoms with Crippen LogP contribution in [0.15, 0.2) is 0 Å². The molecule has 18 heavy (non-hydrogen) atoms. The van der Waals surface area contributed by atoms with Crippen LogP contribution in [-0.4, -0.2) is 83.7 Å². The van der Waals surface area contributed by atoms with Crippen LogP contribution < -0.4 is 5.32 Å². The number of carbonyl (C=O) groups excluding carboxylic acids is 1. The molecule has 2 aliphatic rings. The molecular formula is C10H18N2O6. The molecule has 2 heterocycles. The van der Waals surface area contributed by atoms with Crippen LogP contribution in [0.25, 0.3) is 0 Å². The number of rotatable bonds is 3. The second kappa shape index (κ2) is 5.37. The van der Waals surface area contributed by atoms with Crippen LogP contribution in [0.5, 0.6) is 0 Å². The lowest BCUT2D eigenvalue weighted by Gasteiger charge is -2.36. The Hall–Kier alpha value is -0.930. The minimum absolute atomic E-state index is 0.205. The van der Waals surface area contributed by atoms with E-state index in [1.165, 1.54) is 12.0 Å². The highest BCUT2D eigenvalue weighted by Gasteiger charge is 2.47. The first-order valence-electron chi connectivity index (χ1n) is 5.78. The van der Waals surface area contributed by atoms with E-state index >= 15 is 0 Å². The molecule has 0 aromatic heterocycles. The van der Waals surface area contributed by atoms with Gasteiger partial charge in [-0.2, -0.15) is 0 Å². The lowest BCUT2D eigenvalue weighted by Crippen LogP contribution is -2.59. The molecule has 2 fully saturated rings. The smallest absolute Gasteiger partial charge is 0.319 e. The fourth-order valence-corrected chi connectivity index (χ4v) is 2.18. The Morgan fingerprint density at radius 3 is 2.78 bits per heavy atom. The molecule has 0 radical (unpaired) electrons. The van der Waals surface area contributed by atoms with Gasteiger partial charge in [0.25, 0.3) is 0 Å². The van der Waals surface area contributed by atoms with Crippen molar-refractivity contribution in [2.75, 3.05) is 26.8 Å². The van der Waals surface area contributed by atoms with Gasteiger partial charge in [0.1, 0.15) is 18.3 Å². The monoisotopic (exact) mass is 262 g/mol. The minimum Gasteiger partial charge on any atom is -0.394 e. The number of hydrogen-bond acceptors (Lipinski definition) is 6. The molecule has 0 saturated carbocycles. The van der Waals surface area contributed by atoms with Crippen molar-refractivity contribution in [1.82, 2.24) is 10.2 Å². The number of ether oxygens (including phenoxy) is 2. The second-order valence-corrected chi connectivity index (χ2v) is 4.42.